The first-order valence-electron chi connectivity index (χ1n) is 6.58. The van der Waals surface area contributed by atoms with E-state index in [2.05, 4.69) is 31.9 Å². The largest absolute Gasteiger partial charge is 0.354 e. The summed E-state index contributed by atoms with van der Waals surface area (Å²) >= 11 is 3.38. The maximum atomic E-state index is 12.0. The van der Waals surface area contributed by atoms with Gasteiger partial charge >= 0.3 is 6.03 Å². The van der Waals surface area contributed by atoms with Gasteiger partial charge in [0, 0.05) is 16.7 Å². The van der Waals surface area contributed by atoms with E-state index in [0.29, 0.717) is 12.2 Å². The Morgan fingerprint density at radius 3 is 2.80 bits per heavy atom. The zero-order valence-corrected chi connectivity index (χ0v) is 13.1. The Labute approximate surface area is 126 Å². The van der Waals surface area contributed by atoms with E-state index in [1.54, 1.807) is 0 Å². The lowest BCUT2D eigenvalue weighted by molar-refractivity contribution is -0.125. The molecule has 6 heteroatoms. The molecule has 3 N–H and O–H groups in total. The molecule has 5 nitrogen and oxygen atoms in total. The first-order chi connectivity index (χ1) is 9.45. The standard InChI is InChI=1S/C14H18BrN3O2/c1-8-5-10(15)7-11(6-8)17-14(20)18-12-9(2)3-4-16-13(12)19/h5-7,9,12H,3-4H2,1-2H3,(H,16,19)(H2,17,18,20)/t9-,12+/m1/s1. The first kappa shape index (κ1) is 14.8. The van der Waals surface area contributed by atoms with E-state index in [9.17, 15) is 9.59 Å². The molecule has 1 aromatic rings. The van der Waals surface area contributed by atoms with Crippen molar-refractivity contribution in [1.29, 1.82) is 0 Å². The number of hydrogen-bond acceptors (Lipinski definition) is 2. The van der Waals surface area contributed by atoms with Gasteiger partial charge in [0.15, 0.2) is 0 Å². The lowest BCUT2D eigenvalue weighted by Crippen LogP contribution is -2.55. The molecule has 1 aromatic carbocycles. The van der Waals surface area contributed by atoms with Crippen molar-refractivity contribution in [2.24, 2.45) is 5.92 Å². The zero-order valence-electron chi connectivity index (χ0n) is 11.5. The lowest BCUT2D eigenvalue weighted by Gasteiger charge is -2.28. The maximum Gasteiger partial charge on any atom is 0.319 e. The number of aryl methyl sites for hydroxylation is 1. The highest BCUT2D eigenvalue weighted by molar-refractivity contribution is 9.10. The van der Waals surface area contributed by atoms with Crippen molar-refractivity contribution in [3.63, 3.8) is 0 Å². The second kappa shape index (κ2) is 6.26. The Morgan fingerprint density at radius 2 is 2.15 bits per heavy atom. The van der Waals surface area contributed by atoms with Gasteiger partial charge in [0.1, 0.15) is 6.04 Å². The minimum atomic E-state index is -0.475. The van der Waals surface area contributed by atoms with E-state index >= 15 is 0 Å². The van der Waals surface area contributed by atoms with Gasteiger partial charge in [-0.15, -0.1) is 0 Å². The first-order valence-corrected chi connectivity index (χ1v) is 7.37. The number of hydrogen-bond donors (Lipinski definition) is 3. The number of carbonyl (C=O) groups is 2. The van der Waals surface area contributed by atoms with Crippen LogP contribution in [0.4, 0.5) is 10.5 Å². The summed E-state index contributed by atoms with van der Waals surface area (Å²) in [6.07, 6.45) is 0.868. The van der Waals surface area contributed by atoms with Crippen molar-refractivity contribution < 1.29 is 9.59 Å². The van der Waals surface area contributed by atoms with Gasteiger partial charge in [-0.05, 0) is 43.0 Å². The van der Waals surface area contributed by atoms with Crippen molar-refractivity contribution in [3.05, 3.63) is 28.2 Å². The van der Waals surface area contributed by atoms with Gasteiger partial charge < -0.3 is 16.0 Å². The van der Waals surface area contributed by atoms with Crippen molar-refractivity contribution in [3.8, 4) is 0 Å². The van der Waals surface area contributed by atoms with E-state index in [1.807, 2.05) is 32.0 Å². The SMILES string of the molecule is Cc1cc(Br)cc(NC(=O)N[C@@H]2C(=O)NCC[C@H]2C)c1. The van der Waals surface area contributed by atoms with Crippen LogP contribution in [0.2, 0.25) is 0 Å². The molecular formula is C14H18BrN3O2. The van der Waals surface area contributed by atoms with Crippen LogP contribution in [0, 0.1) is 12.8 Å². The number of benzene rings is 1. The minimum absolute atomic E-state index is 0.121. The number of urea groups is 1. The normalized spacial score (nSPS) is 22.1. The Kier molecular flexibility index (Phi) is 4.65. The molecule has 1 aliphatic rings. The Bertz CT molecular complexity index is 513. The van der Waals surface area contributed by atoms with E-state index < -0.39 is 6.04 Å². The van der Waals surface area contributed by atoms with Crippen molar-refractivity contribution in [1.82, 2.24) is 10.6 Å². The van der Waals surface area contributed by atoms with Crippen LogP contribution in [0.15, 0.2) is 22.7 Å². The molecule has 108 valence electrons. The van der Waals surface area contributed by atoms with Crippen LogP contribution in [-0.2, 0) is 4.79 Å². The third-order valence-electron chi connectivity index (χ3n) is 3.34. The molecule has 20 heavy (non-hydrogen) atoms. The fourth-order valence-electron chi connectivity index (χ4n) is 2.28. The van der Waals surface area contributed by atoms with Gasteiger partial charge in [0.2, 0.25) is 5.91 Å². The van der Waals surface area contributed by atoms with Crippen LogP contribution >= 0.6 is 15.9 Å². The summed E-state index contributed by atoms with van der Waals surface area (Å²) < 4.78 is 0.900. The van der Waals surface area contributed by atoms with Crippen LogP contribution < -0.4 is 16.0 Å². The Balaban J connectivity index is 1.99. The molecule has 1 heterocycles. The van der Waals surface area contributed by atoms with Gasteiger partial charge in [-0.3, -0.25) is 4.79 Å². The molecule has 2 atom stereocenters. The topological polar surface area (TPSA) is 70.2 Å². The number of halogens is 1. The van der Waals surface area contributed by atoms with Crippen LogP contribution in [0.25, 0.3) is 0 Å². The molecule has 1 fully saturated rings. The zero-order chi connectivity index (χ0) is 14.7. The highest BCUT2D eigenvalue weighted by Crippen LogP contribution is 2.19. The second-order valence-corrected chi connectivity index (χ2v) is 6.07. The average molecular weight is 340 g/mol. The van der Waals surface area contributed by atoms with E-state index in [-0.39, 0.29) is 17.9 Å². The maximum absolute atomic E-state index is 12.0. The molecule has 0 bridgehead atoms. The summed E-state index contributed by atoms with van der Waals surface area (Å²) in [7, 11) is 0. The van der Waals surface area contributed by atoms with Crippen LogP contribution in [-0.4, -0.2) is 24.5 Å². The number of rotatable bonds is 2. The highest BCUT2D eigenvalue weighted by Gasteiger charge is 2.30. The summed E-state index contributed by atoms with van der Waals surface area (Å²) in [4.78, 5) is 23.7. The van der Waals surface area contributed by atoms with Crippen LogP contribution in [0.3, 0.4) is 0 Å². The molecular weight excluding hydrogens is 322 g/mol. The van der Waals surface area contributed by atoms with Gasteiger partial charge in [-0.2, -0.15) is 0 Å². The predicted octanol–water partition coefficient (Wildman–Crippen LogP) is 2.40. The third kappa shape index (κ3) is 3.72. The molecule has 3 amide bonds. The summed E-state index contributed by atoms with van der Waals surface area (Å²) in [6.45, 7) is 4.59. The lowest BCUT2D eigenvalue weighted by atomic mass is 9.94. The fraction of sp³-hybridized carbons (Fsp3) is 0.429. The van der Waals surface area contributed by atoms with E-state index in [0.717, 1.165) is 16.5 Å². The quantitative estimate of drug-likeness (QED) is 0.774. The molecule has 0 radical (unpaired) electrons. The number of nitrogens with one attached hydrogen (secondary N) is 3. The van der Waals surface area contributed by atoms with Crippen molar-refractivity contribution in [2.75, 3.05) is 11.9 Å². The number of anilines is 1. The van der Waals surface area contributed by atoms with E-state index in [4.69, 9.17) is 0 Å². The van der Waals surface area contributed by atoms with Gasteiger partial charge in [0.05, 0.1) is 0 Å². The molecule has 2 rings (SSSR count). The summed E-state index contributed by atoms with van der Waals surface area (Å²) in [5.41, 5.74) is 1.73. The predicted molar refractivity (Wildman–Crippen MR) is 81.6 cm³/mol. The van der Waals surface area contributed by atoms with Crippen molar-refractivity contribution >= 4 is 33.6 Å². The third-order valence-corrected chi connectivity index (χ3v) is 3.79. The molecule has 0 unspecified atom stereocenters. The summed E-state index contributed by atoms with van der Waals surface area (Å²) in [6, 6.07) is 4.80. The summed E-state index contributed by atoms with van der Waals surface area (Å²) in [5, 5.41) is 8.24. The number of amides is 3. The average Bonchev–Trinajstić information content (AvgIpc) is 2.32. The Morgan fingerprint density at radius 1 is 1.40 bits per heavy atom. The van der Waals surface area contributed by atoms with Gasteiger partial charge in [0.25, 0.3) is 0 Å². The van der Waals surface area contributed by atoms with Crippen LogP contribution in [0.5, 0.6) is 0 Å². The minimum Gasteiger partial charge on any atom is -0.354 e. The highest BCUT2D eigenvalue weighted by atomic mass is 79.9. The van der Waals surface area contributed by atoms with Gasteiger partial charge in [-0.25, -0.2) is 4.79 Å². The molecule has 0 saturated carbocycles. The molecule has 0 aliphatic carbocycles. The smallest absolute Gasteiger partial charge is 0.319 e. The Hall–Kier alpha value is -1.56. The van der Waals surface area contributed by atoms with E-state index in [1.165, 1.54) is 0 Å². The number of piperidine rings is 1. The summed E-state index contributed by atoms with van der Waals surface area (Å²) in [5.74, 6) is 0.0167. The molecule has 1 saturated heterocycles. The van der Waals surface area contributed by atoms with Crippen molar-refractivity contribution in [2.45, 2.75) is 26.3 Å². The second-order valence-electron chi connectivity index (χ2n) is 5.15. The number of carbonyl (C=O) groups excluding carboxylic acids is 2. The fourth-order valence-corrected chi connectivity index (χ4v) is 2.89. The monoisotopic (exact) mass is 339 g/mol. The molecule has 0 aromatic heterocycles. The van der Waals surface area contributed by atoms with Gasteiger partial charge in [-0.1, -0.05) is 22.9 Å². The molecule has 1 aliphatic heterocycles. The van der Waals surface area contributed by atoms with Crippen LogP contribution in [0.1, 0.15) is 18.9 Å². The molecule has 0 spiro atoms.